The second kappa shape index (κ2) is 3.35. The summed E-state index contributed by atoms with van der Waals surface area (Å²) in [5.41, 5.74) is 2.14. The van der Waals surface area contributed by atoms with E-state index >= 15 is 0 Å². The van der Waals surface area contributed by atoms with Crippen LogP contribution < -0.4 is 5.32 Å². The molecule has 0 aromatic heterocycles. The Morgan fingerprint density at radius 1 is 1.29 bits per heavy atom. The predicted molar refractivity (Wildman–Crippen MR) is 58.3 cm³/mol. The van der Waals surface area contributed by atoms with E-state index in [-0.39, 0.29) is 5.54 Å². The fourth-order valence-corrected chi connectivity index (χ4v) is 2.83. The van der Waals surface area contributed by atoms with E-state index in [9.17, 15) is 0 Å². The fraction of sp³-hybridized carbons (Fsp3) is 0.833. The summed E-state index contributed by atoms with van der Waals surface area (Å²) in [6.45, 7) is 9.77. The summed E-state index contributed by atoms with van der Waals surface area (Å²) < 4.78 is 5.45. The van der Waals surface area contributed by atoms with Crippen LogP contribution in [0.1, 0.15) is 33.6 Å². The highest BCUT2D eigenvalue weighted by Crippen LogP contribution is 2.41. The Bertz CT molecular complexity index is 244. The van der Waals surface area contributed by atoms with Crippen molar-refractivity contribution in [2.45, 2.75) is 39.2 Å². The van der Waals surface area contributed by atoms with Gasteiger partial charge in [0.2, 0.25) is 0 Å². The molecule has 2 aliphatic rings. The predicted octanol–water partition coefficient (Wildman–Crippen LogP) is 2.11. The molecule has 14 heavy (non-hydrogen) atoms. The number of hydrogen-bond acceptors (Lipinski definition) is 2. The molecule has 0 radical (unpaired) electrons. The molecule has 0 aliphatic carbocycles. The summed E-state index contributed by atoms with van der Waals surface area (Å²) in [5, 5.41) is 3.66. The minimum absolute atomic E-state index is 0.260. The van der Waals surface area contributed by atoms with Crippen molar-refractivity contribution in [2.75, 3.05) is 19.8 Å². The molecule has 0 unspecified atom stereocenters. The zero-order valence-electron chi connectivity index (χ0n) is 9.52. The van der Waals surface area contributed by atoms with Gasteiger partial charge in [-0.1, -0.05) is 26.8 Å². The van der Waals surface area contributed by atoms with Gasteiger partial charge in [0.15, 0.2) is 0 Å². The van der Waals surface area contributed by atoms with Gasteiger partial charge >= 0.3 is 0 Å². The zero-order valence-corrected chi connectivity index (χ0v) is 9.52. The van der Waals surface area contributed by atoms with Gasteiger partial charge in [-0.25, -0.2) is 0 Å². The summed E-state index contributed by atoms with van der Waals surface area (Å²) in [6, 6.07) is 0. The molecule has 2 heteroatoms. The van der Waals surface area contributed by atoms with Crippen LogP contribution in [-0.2, 0) is 4.74 Å². The third kappa shape index (κ3) is 1.61. The molecular weight excluding hydrogens is 174 g/mol. The van der Waals surface area contributed by atoms with E-state index in [4.69, 9.17) is 4.74 Å². The largest absolute Gasteiger partial charge is 0.381 e. The van der Waals surface area contributed by atoms with Crippen LogP contribution in [0.25, 0.3) is 0 Å². The van der Waals surface area contributed by atoms with Gasteiger partial charge in [0.25, 0.3) is 0 Å². The third-order valence-electron chi connectivity index (χ3n) is 3.42. The lowest BCUT2D eigenvalue weighted by Crippen LogP contribution is -2.49. The van der Waals surface area contributed by atoms with Crippen LogP contribution in [0, 0.1) is 5.41 Å². The van der Waals surface area contributed by atoms with Crippen molar-refractivity contribution in [3.05, 3.63) is 11.6 Å². The molecule has 80 valence electrons. The van der Waals surface area contributed by atoms with E-state index < -0.39 is 0 Å². The van der Waals surface area contributed by atoms with Gasteiger partial charge in [0.1, 0.15) is 0 Å². The van der Waals surface area contributed by atoms with Crippen molar-refractivity contribution in [2.24, 2.45) is 5.41 Å². The lowest BCUT2D eigenvalue weighted by Gasteiger charge is -2.41. The van der Waals surface area contributed by atoms with Crippen LogP contribution in [-0.4, -0.2) is 25.3 Å². The maximum Gasteiger partial charge on any atom is 0.0486 e. The van der Waals surface area contributed by atoms with Crippen LogP contribution in [0.4, 0.5) is 0 Å². The number of hydrogen-bond donors (Lipinski definition) is 1. The van der Waals surface area contributed by atoms with E-state index in [2.05, 4.69) is 32.2 Å². The van der Waals surface area contributed by atoms with Crippen LogP contribution >= 0.6 is 0 Å². The summed E-state index contributed by atoms with van der Waals surface area (Å²) in [5.74, 6) is 0. The lowest BCUT2D eigenvalue weighted by atomic mass is 9.72. The molecule has 0 saturated carbocycles. The summed E-state index contributed by atoms with van der Waals surface area (Å²) in [4.78, 5) is 0. The number of rotatable bonds is 0. The Balaban J connectivity index is 2.23. The summed E-state index contributed by atoms with van der Waals surface area (Å²) >= 11 is 0. The van der Waals surface area contributed by atoms with Crippen molar-refractivity contribution in [3.63, 3.8) is 0 Å². The number of ether oxygens (including phenoxy) is 1. The Kier molecular flexibility index (Phi) is 2.44. The van der Waals surface area contributed by atoms with Crippen molar-refractivity contribution in [1.29, 1.82) is 0 Å². The normalized spacial score (nSPS) is 26.6. The molecule has 0 bridgehead atoms. The highest BCUT2D eigenvalue weighted by molar-refractivity contribution is 5.31. The third-order valence-corrected chi connectivity index (χ3v) is 3.42. The van der Waals surface area contributed by atoms with Crippen molar-refractivity contribution in [1.82, 2.24) is 5.32 Å². The molecule has 0 aromatic rings. The minimum atomic E-state index is 0.260. The van der Waals surface area contributed by atoms with Crippen molar-refractivity contribution >= 4 is 0 Å². The smallest absolute Gasteiger partial charge is 0.0486 e. The Morgan fingerprint density at radius 3 is 2.50 bits per heavy atom. The van der Waals surface area contributed by atoms with Crippen LogP contribution in [0.15, 0.2) is 11.6 Å². The first-order valence-corrected chi connectivity index (χ1v) is 5.58. The molecule has 1 N–H and O–H groups in total. The first kappa shape index (κ1) is 10.2. The maximum absolute atomic E-state index is 5.45. The molecule has 1 fully saturated rings. The highest BCUT2D eigenvalue weighted by Gasteiger charge is 2.42. The van der Waals surface area contributed by atoms with Crippen LogP contribution in [0.3, 0.4) is 0 Å². The Labute approximate surface area is 86.7 Å². The van der Waals surface area contributed by atoms with E-state index in [0.717, 1.165) is 32.6 Å². The first-order chi connectivity index (χ1) is 6.55. The average Bonchev–Trinajstić information content (AvgIpc) is 2.49. The second-order valence-corrected chi connectivity index (χ2v) is 5.44. The SMILES string of the molecule is CC(C)(C)C1=CCNC12CCOCC2. The Hall–Kier alpha value is -0.340. The van der Waals surface area contributed by atoms with Crippen molar-refractivity contribution in [3.8, 4) is 0 Å². The summed E-state index contributed by atoms with van der Waals surface area (Å²) in [7, 11) is 0. The van der Waals surface area contributed by atoms with Gasteiger partial charge in [0.05, 0.1) is 0 Å². The summed E-state index contributed by atoms with van der Waals surface area (Å²) in [6.07, 6.45) is 4.65. The molecular formula is C12H21NO. The maximum atomic E-state index is 5.45. The van der Waals surface area contributed by atoms with E-state index in [1.807, 2.05) is 0 Å². The molecule has 0 atom stereocenters. The van der Waals surface area contributed by atoms with Crippen LogP contribution in [0.2, 0.25) is 0 Å². The van der Waals surface area contributed by atoms with Crippen molar-refractivity contribution < 1.29 is 4.74 Å². The van der Waals surface area contributed by atoms with Gasteiger partial charge in [-0.15, -0.1) is 0 Å². The van der Waals surface area contributed by atoms with Gasteiger partial charge < -0.3 is 10.1 Å². The van der Waals surface area contributed by atoms with Gasteiger partial charge in [-0.05, 0) is 23.8 Å². The van der Waals surface area contributed by atoms with Gasteiger partial charge in [-0.2, -0.15) is 0 Å². The molecule has 1 saturated heterocycles. The van der Waals surface area contributed by atoms with Gasteiger partial charge in [0, 0.05) is 25.3 Å². The Morgan fingerprint density at radius 2 is 1.93 bits per heavy atom. The van der Waals surface area contributed by atoms with E-state index in [1.165, 1.54) is 0 Å². The first-order valence-electron chi connectivity index (χ1n) is 5.58. The molecule has 2 rings (SSSR count). The lowest BCUT2D eigenvalue weighted by molar-refractivity contribution is 0.0505. The number of nitrogens with one attached hydrogen (secondary N) is 1. The topological polar surface area (TPSA) is 21.3 Å². The highest BCUT2D eigenvalue weighted by atomic mass is 16.5. The molecule has 1 spiro atoms. The van der Waals surface area contributed by atoms with Gasteiger partial charge in [-0.3, -0.25) is 0 Å². The van der Waals surface area contributed by atoms with Crippen LogP contribution in [0.5, 0.6) is 0 Å². The minimum Gasteiger partial charge on any atom is -0.381 e. The standard InChI is InChI=1S/C12H21NO/c1-11(2,3)10-4-7-13-12(10)5-8-14-9-6-12/h4,13H,5-9H2,1-3H3. The fourth-order valence-electron chi connectivity index (χ4n) is 2.83. The molecule has 0 aromatic carbocycles. The molecule has 2 heterocycles. The van der Waals surface area contributed by atoms with E-state index in [1.54, 1.807) is 5.57 Å². The van der Waals surface area contributed by atoms with E-state index in [0.29, 0.717) is 5.41 Å². The molecule has 2 aliphatic heterocycles. The second-order valence-electron chi connectivity index (χ2n) is 5.44. The molecule has 0 amide bonds. The zero-order chi connectivity index (χ0) is 10.2. The quantitative estimate of drug-likeness (QED) is 0.598. The molecule has 2 nitrogen and oxygen atoms in total. The monoisotopic (exact) mass is 195 g/mol. The average molecular weight is 195 g/mol.